The first kappa shape index (κ1) is 18.1. The van der Waals surface area contributed by atoms with Crippen LogP contribution in [0.2, 0.25) is 0 Å². The van der Waals surface area contributed by atoms with Crippen LogP contribution in [0, 0.1) is 0 Å². The third-order valence-corrected chi connectivity index (χ3v) is 4.49. The van der Waals surface area contributed by atoms with E-state index in [4.69, 9.17) is 13.9 Å². The molecule has 0 bridgehead atoms. The second-order valence-electron chi connectivity index (χ2n) is 5.92. The summed E-state index contributed by atoms with van der Waals surface area (Å²) in [6.45, 7) is 0.281. The molecule has 8 heteroatoms. The van der Waals surface area contributed by atoms with Gasteiger partial charge in [-0.15, -0.1) is 0 Å². The average molecular weight is 442 g/mol. The zero-order valence-electron chi connectivity index (χ0n) is 14.6. The van der Waals surface area contributed by atoms with E-state index in [-0.39, 0.29) is 19.2 Å². The quantitative estimate of drug-likeness (QED) is 0.446. The first-order valence-electron chi connectivity index (χ1n) is 8.48. The number of carbonyl (C=O) groups is 1. The summed E-state index contributed by atoms with van der Waals surface area (Å²) < 4.78 is 17.3. The Kier molecular flexibility index (Phi) is 5.29. The Morgan fingerprint density at radius 1 is 1.07 bits per heavy atom. The molecule has 142 valence electrons. The van der Waals surface area contributed by atoms with Crippen LogP contribution >= 0.6 is 15.9 Å². The first-order chi connectivity index (χ1) is 13.7. The lowest BCUT2D eigenvalue weighted by molar-refractivity contribution is -0.119. The van der Waals surface area contributed by atoms with Gasteiger partial charge in [-0.3, -0.25) is 4.79 Å². The van der Waals surface area contributed by atoms with Crippen LogP contribution in [0.3, 0.4) is 0 Å². The van der Waals surface area contributed by atoms with Crippen molar-refractivity contribution in [3.63, 3.8) is 0 Å². The van der Waals surface area contributed by atoms with Crippen LogP contribution in [0.15, 0.2) is 68.6 Å². The number of hydrogen-bond acceptors (Lipinski definition) is 6. The summed E-state index contributed by atoms with van der Waals surface area (Å²) in [5.41, 5.74) is 4.17. The Balaban J connectivity index is 1.27. The van der Waals surface area contributed by atoms with Crippen LogP contribution in [-0.2, 0) is 4.79 Å². The summed E-state index contributed by atoms with van der Waals surface area (Å²) in [6.07, 6.45) is 1.46. The van der Waals surface area contributed by atoms with Gasteiger partial charge >= 0.3 is 0 Å². The summed E-state index contributed by atoms with van der Waals surface area (Å²) in [5.74, 6) is 2.34. The van der Waals surface area contributed by atoms with Crippen LogP contribution < -0.4 is 20.2 Å². The number of furan rings is 1. The fraction of sp³-hybridized carbons (Fsp3) is 0.100. The lowest BCUT2D eigenvalue weighted by Crippen LogP contribution is -2.25. The van der Waals surface area contributed by atoms with Crippen LogP contribution in [-0.4, -0.2) is 25.5 Å². The van der Waals surface area contributed by atoms with Crippen molar-refractivity contribution in [2.24, 2.45) is 5.10 Å². The van der Waals surface area contributed by atoms with Gasteiger partial charge in [0.25, 0.3) is 5.91 Å². The molecule has 7 nitrogen and oxygen atoms in total. The number of benzene rings is 2. The number of amides is 1. The third-order valence-electron chi connectivity index (χ3n) is 3.96. The number of halogens is 1. The van der Waals surface area contributed by atoms with Gasteiger partial charge in [-0.25, -0.2) is 5.43 Å². The van der Waals surface area contributed by atoms with E-state index in [9.17, 15) is 4.79 Å². The van der Waals surface area contributed by atoms with E-state index in [2.05, 4.69) is 31.8 Å². The largest absolute Gasteiger partial charge is 0.455 e. The molecule has 1 aliphatic rings. The summed E-state index contributed by atoms with van der Waals surface area (Å²) in [7, 11) is 0. The molecule has 0 spiro atoms. The zero-order valence-corrected chi connectivity index (χ0v) is 16.2. The highest BCUT2D eigenvalue weighted by Gasteiger charge is 2.13. The van der Waals surface area contributed by atoms with E-state index in [0.29, 0.717) is 17.3 Å². The van der Waals surface area contributed by atoms with Crippen LogP contribution in [0.5, 0.6) is 11.5 Å². The Hall–Kier alpha value is -3.26. The van der Waals surface area contributed by atoms with Crippen LogP contribution in [0.25, 0.3) is 11.3 Å². The Morgan fingerprint density at radius 3 is 2.75 bits per heavy atom. The van der Waals surface area contributed by atoms with Crippen molar-refractivity contribution in [2.75, 3.05) is 18.7 Å². The van der Waals surface area contributed by atoms with Gasteiger partial charge in [-0.2, -0.15) is 5.10 Å². The van der Waals surface area contributed by atoms with E-state index in [1.54, 1.807) is 18.2 Å². The van der Waals surface area contributed by atoms with E-state index >= 15 is 0 Å². The van der Waals surface area contributed by atoms with Crippen LogP contribution in [0.4, 0.5) is 5.69 Å². The van der Waals surface area contributed by atoms with Crippen molar-refractivity contribution in [2.45, 2.75) is 0 Å². The maximum absolute atomic E-state index is 11.9. The number of rotatable bonds is 6. The van der Waals surface area contributed by atoms with Crippen molar-refractivity contribution in [3.05, 3.63) is 64.8 Å². The molecule has 0 saturated heterocycles. The SMILES string of the molecule is O=C(CNc1ccc2c(c1)OCO2)N/N=C\c1ccc(-c2ccc(Br)cc2)o1. The van der Waals surface area contributed by atoms with Crippen molar-refractivity contribution < 1.29 is 18.7 Å². The number of hydrogen-bond donors (Lipinski definition) is 2. The van der Waals surface area contributed by atoms with Gasteiger partial charge in [0.2, 0.25) is 6.79 Å². The molecule has 2 N–H and O–H groups in total. The van der Waals surface area contributed by atoms with Gasteiger partial charge in [0.05, 0.1) is 12.8 Å². The standard InChI is InChI=1S/C20H16BrN3O4/c21-14-3-1-13(2-4-14)17-8-6-16(28-17)10-23-24-20(25)11-22-15-5-7-18-19(9-15)27-12-26-18/h1-10,22H,11-12H2,(H,24,25)/b23-10-. The van der Waals surface area contributed by atoms with Gasteiger partial charge < -0.3 is 19.2 Å². The normalized spacial score (nSPS) is 12.3. The Bertz CT molecular complexity index is 1010. The number of ether oxygens (including phenoxy) is 2. The molecule has 2 heterocycles. The average Bonchev–Trinajstić information content (AvgIpc) is 3.36. The second kappa shape index (κ2) is 8.18. The molecule has 0 atom stereocenters. The highest BCUT2D eigenvalue weighted by Crippen LogP contribution is 2.34. The molecule has 1 amide bonds. The fourth-order valence-corrected chi connectivity index (χ4v) is 2.85. The molecule has 0 saturated carbocycles. The van der Waals surface area contributed by atoms with Crippen molar-refractivity contribution in [3.8, 4) is 22.8 Å². The third kappa shape index (κ3) is 4.34. The van der Waals surface area contributed by atoms with Gasteiger partial charge in [0.1, 0.15) is 11.5 Å². The molecule has 4 rings (SSSR count). The van der Waals surface area contributed by atoms with E-state index in [1.165, 1.54) is 6.21 Å². The molecule has 3 aromatic rings. The number of anilines is 1. The van der Waals surface area contributed by atoms with Crippen molar-refractivity contribution >= 4 is 33.7 Å². The molecule has 28 heavy (non-hydrogen) atoms. The zero-order chi connectivity index (χ0) is 19.3. The summed E-state index contributed by atoms with van der Waals surface area (Å²) in [5, 5.41) is 6.93. The highest BCUT2D eigenvalue weighted by molar-refractivity contribution is 9.10. The van der Waals surface area contributed by atoms with Crippen molar-refractivity contribution in [1.29, 1.82) is 0 Å². The number of nitrogens with one attached hydrogen (secondary N) is 2. The monoisotopic (exact) mass is 441 g/mol. The Morgan fingerprint density at radius 2 is 1.89 bits per heavy atom. The summed E-state index contributed by atoms with van der Waals surface area (Å²) in [6, 6.07) is 16.8. The van der Waals surface area contributed by atoms with Gasteiger partial charge in [-0.05, 0) is 36.4 Å². The minimum Gasteiger partial charge on any atom is -0.455 e. The maximum Gasteiger partial charge on any atom is 0.259 e. The van der Waals surface area contributed by atoms with E-state index in [1.807, 2.05) is 36.4 Å². The molecule has 1 aromatic heterocycles. The minimum absolute atomic E-state index is 0.0687. The van der Waals surface area contributed by atoms with E-state index < -0.39 is 0 Å². The van der Waals surface area contributed by atoms with Crippen molar-refractivity contribution in [1.82, 2.24) is 5.43 Å². The number of fused-ring (bicyclic) bond motifs is 1. The number of nitrogens with zero attached hydrogens (tertiary/aromatic N) is 1. The maximum atomic E-state index is 11.9. The van der Waals surface area contributed by atoms with Crippen LogP contribution in [0.1, 0.15) is 5.76 Å². The topological polar surface area (TPSA) is 85.1 Å². The molecule has 0 aliphatic carbocycles. The number of carbonyl (C=O) groups excluding carboxylic acids is 1. The lowest BCUT2D eigenvalue weighted by Gasteiger charge is -2.06. The predicted octanol–water partition coefficient (Wildman–Crippen LogP) is 4.00. The smallest absolute Gasteiger partial charge is 0.259 e. The molecular formula is C20H16BrN3O4. The first-order valence-corrected chi connectivity index (χ1v) is 9.28. The minimum atomic E-state index is -0.284. The Labute approximate surface area is 169 Å². The lowest BCUT2D eigenvalue weighted by atomic mass is 10.2. The fourth-order valence-electron chi connectivity index (χ4n) is 2.59. The summed E-state index contributed by atoms with van der Waals surface area (Å²) >= 11 is 3.40. The number of hydrazone groups is 1. The second-order valence-corrected chi connectivity index (χ2v) is 6.84. The molecule has 0 unspecified atom stereocenters. The van der Waals surface area contributed by atoms with Gasteiger partial charge in [0, 0.05) is 21.8 Å². The molecular weight excluding hydrogens is 426 g/mol. The summed E-state index contributed by atoms with van der Waals surface area (Å²) in [4.78, 5) is 11.9. The van der Waals surface area contributed by atoms with Gasteiger partial charge in [0.15, 0.2) is 11.5 Å². The molecule has 0 fully saturated rings. The molecule has 2 aromatic carbocycles. The molecule has 0 radical (unpaired) electrons. The predicted molar refractivity (Wildman–Crippen MR) is 109 cm³/mol. The highest BCUT2D eigenvalue weighted by atomic mass is 79.9. The molecule has 1 aliphatic heterocycles. The van der Waals surface area contributed by atoms with Gasteiger partial charge in [-0.1, -0.05) is 28.1 Å². The van der Waals surface area contributed by atoms with E-state index in [0.717, 1.165) is 21.5 Å².